The van der Waals surface area contributed by atoms with Crippen molar-refractivity contribution in [2.24, 2.45) is 19.1 Å². The molecule has 73 heavy (non-hydrogen) atoms. The van der Waals surface area contributed by atoms with Crippen LogP contribution in [0.3, 0.4) is 0 Å². The minimum atomic E-state index is -4.68. The summed E-state index contributed by atoms with van der Waals surface area (Å²) in [6.45, 7) is 15.9. The van der Waals surface area contributed by atoms with Gasteiger partial charge in [-0.3, -0.25) is 38.0 Å². The number of hydrogen-bond acceptors (Lipinski definition) is 14. The Labute approximate surface area is 409 Å². The molecule has 0 saturated carbocycles. The molecule has 30 heteroatoms. The predicted molar refractivity (Wildman–Crippen MR) is 248 cm³/mol. The minimum Gasteiger partial charge on any atom is -0.312 e. The monoisotopic (exact) mass is 1030 g/mol. The van der Waals surface area contributed by atoms with E-state index in [1.165, 1.54) is 60.6 Å². The number of carbonyl (C=O) groups is 2. The van der Waals surface area contributed by atoms with Crippen molar-refractivity contribution >= 4 is 58.2 Å². The SMILES string of the molecule is CC(Cl)C(=O)Nc1cccc(-c2cnc(C(F)(F)F)nc2)n1.[C-]#[N+]Cn1c(=O)c2c(n(C)c1=O)N=CC2.[C-]#[N+]Cn1c(=O)c2c(ncn2C(C)C(=O)Nc2cccc(-c3cnc(C(F)(F)F)nc3)n2)n(C)c1=O. The minimum absolute atomic E-state index is 0.0352. The topological polar surface area (TPSA) is 262 Å². The molecular weight excluding hydrogens is 1000 g/mol. The second kappa shape index (κ2) is 21.8. The third kappa shape index (κ3) is 11.9. The molecule has 2 atom stereocenters. The quantitative estimate of drug-likeness (QED) is 0.114. The number of hydrogen-bond donors (Lipinski definition) is 2. The number of carbonyl (C=O) groups excluding carboxylic acids is 2. The summed E-state index contributed by atoms with van der Waals surface area (Å²) in [5.41, 5.74) is -0.815. The third-order valence-electron chi connectivity index (χ3n) is 10.2. The number of aromatic nitrogens is 12. The van der Waals surface area contributed by atoms with E-state index in [4.69, 9.17) is 24.7 Å². The maximum Gasteiger partial charge on any atom is 0.451 e. The standard InChI is InChI=1S/C21H16F3N9O3.C13H10ClF3N4O.C9H8N4O2/c1-11(32-10-28-16-15(32)18(35)33(9-25-2)20(36)31(16)3)17(34)30-14-6-4-5-13(29-14)12-7-26-19(27-8-12)21(22,23)24;1-7(14)11(22)21-10-4-2-3-9(20-10)8-5-18-12(19-6-8)13(15,16)17;1-10-5-13-8(14)6-3-4-11-7(6)12(2)9(13)15/h4-8,10-11H,9H2,1,3H3,(H,29,30,34);2-7H,1H3,(H,20,21,22);4H,3,5H2,2H3. The van der Waals surface area contributed by atoms with Gasteiger partial charge in [0.15, 0.2) is 11.2 Å². The number of halogens is 7. The Hall–Kier alpha value is -9.25. The number of aryl methyl sites for hydroxylation is 1. The van der Waals surface area contributed by atoms with E-state index in [-0.39, 0.29) is 40.7 Å². The molecule has 0 saturated heterocycles. The van der Waals surface area contributed by atoms with Crippen LogP contribution in [0.15, 0.2) is 91.7 Å². The van der Waals surface area contributed by atoms with Crippen molar-refractivity contribution in [3.05, 3.63) is 149 Å². The van der Waals surface area contributed by atoms with Crippen LogP contribution in [-0.2, 0) is 55.8 Å². The lowest BCUT2D eigenvalue weighted by Crippen LogP contribution is -2.39. The van der Waals surface area contributed by atoms with Crippen LogP contribution in [0, 0.1) is 13.1 Å². The van der Waals surface area contributed by atoms with Crippen molar-refractivity contribution in [1.29, 1.82) is 0 Å². The summed E-state index contributed by atoms with van der Waals surface area (Å²) in [5.74, 6) is -2.81. The molecule has 0 fully saturated rings. The smallest absolute Gasteiger partial charge is 0.312 e. The summed E-state index contributed by atoms with van der Waals surface area (Å²) in [6.07, 6.45) is -2.03. The van der Waals surface area contributed by atoms with Crippen LogP contribution in [-0.4, -0.2) is 81.1 Å². The van der Waals surface area contributed by atoms with Crippen molar-refractivity contribution in [2.75, 3.05) is 10.6 Å². The van der Waals surface area contributed by atoms with Gasteiger partial charge in [0, 0.05) is 62.6 Å². The van der Waals surface area contributed by atoms with Crippen LogP contribution < -0.4 is 33.1 Å². The summed E-state index contributed by atoms with van der Waals surface area (Å²) in [4.78, 5) is 109. The first kappa shape index (κ1) is 53.1. The van der Waals surface area contributed by atoms with Gasteiger partial charge < -0.3 is 15.2 Å². The fourth-order valence-corrected chi connectivity index (χ4v) is 6.54. The summed E-state index contributed by atoms with van der Waals surface area (Å²) >= 11 is 5.63. The number of imidazole rings is 1. The van der Waals surface area contributed by atoms with Crippen LogP contribution in [0.1, 0.15) is 37.1 Å². The molecule has 7 aromatic heterocycles. The first-order valence-electron chi connectivity index (χ1n) is 20.6. The van der Waals surface area contributed by atoms with Gasteiger partial charge in [-0.1, -0.05) is 12.1 Å². The Balaban J connectivity index is 0.000000198. The van der Waals surface area contributed by atoms with Crippen molar-refractivity contribution in [3.8, 4) is 22.5 Å². The third-order valence-corrected chi connectivity index (χ3v) is 10.4. The van der Waals surface area contributed by atoms with E-state index >= 15 is 0 Å². The maximum atomic E-state index is 13.0. The lowest BCUT2D eigenvalue weighted by Gasteiger charge is -2.15. The highest BCUT2D eigenvalue weighted by Crippen LogP contribution is 2.28. The second-order valence-corrected chi connectivity index (χ2v) is 15.7. The number of nitrogens with one attached hydrogen (secondary N) is 2. The number of rotatable bonds is 9. The Morgan fingerprint density at radius 3 is 1.64 bits per heavy atom. The van der Waals surface area contributed by atoms with Gasteiger partial charge >= 0.3 is 23.7 Å². The lowest BCUT2D eigenvalue weighted by atomic mass is 10.2. The molecule has 2 unspecified atom stereocenters. The fourth-order valence-electron chi connectivity index (χ4n) is 6.49. The maximum absolute atomic E-state index is 13.0. The largest absolute Gasteiger partial charge is 0.451 e. The number of pyridine rings is 2. The zero-order valence-electron chi connectivity index (χ0n) is 38.0. The zero-order chi connectivity index (χ0) is 53.5. The van der Waals surface area contributed by atoms with Gasteiger partial charge in [0.25, 0.3) is 24.5 Å². The van der Waals surface area contributed by atoms with Crippen LogP contribution in [0.2, 0.25) is 0 Å². The highest BCUT2D eigenvalue weighted by molar-refractivity contribution is 6.32. The summed E-state index contributed by atoms with van der Waals surface area (Å²) in [7, 11) is 2.94. The Morgan fingerprint density at radius 2 is 1.18 bits per heavy atom. The van der Waals surface area contributed by atoms with Gasteiger partial charge in [-0.15, -0.1) is 11.6 Å². The van der Waals surface area contributed by atoms with E-state index in [0.29, 0.717) is 29.1 Å². The second-order valence-electron chi connectivity index (χ2n) is 15.1. The highest BCUT2D eigenvalue weighted by Gasteiger charge is 2.35. The molecule has 0 aromatic carbocycles. The number of aliphatic imine (C=N–C) groups is 1. The fraction of sp³-hybridized carbons (Fsp3) is 0.256. The van der Waals surface area contributed by atoms with Gasteiger partial charge in [-0.25, -0.2) is 62.6 Å². The first-order chi connectivity index (χ1) is 34.5. The molecule has 0 aliphatic carbocycles. The Kier molecular flexibility index (Phi) is 15.9. The number of nitrogens with zero attached hydrogens (tertiary/aromatic N) is 15. The molecule has 2 amide bonds. The highest BCUT2D eigenvalue weighted by atomic mass is 35.5. The Bertz CT molecular complexity index is 3610. The van der Waals surface area contributed by atoms with E-state index in [9.17, 15) is 55.1 Å². The summed E-state index contributed by atoms with van der Waals surface area (Å²) in [5, 5.41) is 4.33. The van der Waals surface area contributed by atoms with Crippen LogP contribution in [0.25, 0.3) is 43.4 Å². The molecule has 0 radical (unpaired) electrons. The summed E-state index contributed by atoms with van der Waals surface area (Å²) in [6, 6.07) is 8.21. The van der Waals surface area contributed by atoms with Crippen molar-refractivity contribution in [2.45, 2.75) is 57.4 Å². The molecular formula is C43H34ClF6N17O6. The van der Waals surface area contributed by atoms with E-state index < -0.39 is 76.4 Å². The lowest BCUT2D eigenvalue weighted by molar-refractivity contribution is -0.145. The van der Waals surface area contributed by atoms with Gasteiger partial charge in [-0.05, 0) is 38.1 Å². The van der Waals surface area contributed by atoms with Gasteiger partial charge in [0.1, 0.15) is 28.9 Å². The molecule has 7 aromatic rings. The normalized spacial score (nSPS) is 12.5. The number of amides is 2. The Morgan fingerprint density at radius 1 is 0.712 bits per heavy atom. The molecule has 23 nitrogen and oxygen atoms in total. The summed E-state index contributed by atoms with van der Waals surface area (Å²) < 4.78 is 80.7. The van der Waals surface area contributed by atoms with Gasteiger partial charge in [0.05, 0.1) is 23.3 Å². The average Bonchev–Trinajstić information content (AvgIpc) is 4.05. The van der Waals surface area contributed by atoms with Crippen LogP contribution in [0.4, 0.5) is 43.8 Å². The van der Waals surface area contributed by atoms with E-state index in [2.05, 4.69) is 60.2 Å². The molecule has 8 heterocycles. The molecule has 376 valence electrons. The number of alkyl halides is 7. The van der Waals surface area contributed by atoms with Crippen LogP contribution in [0.5, 0.6) is 0 Å². The molecule has 8 rings (SSSR count). The molecule has 1 aliphatic rings. The number of fused-ring (bicyclic) bond motifs is 2. The molecule has 1 aliphatic heterocycles. The molecule has 0 spiro atoms. The van der Waals surface area contributed by atoms with Crippen molar-refractivity contribution in [1.82, 2.24) is 57.7 Å². The number of anilines is 2. The first-order valence-corrected chi connectivity index (χ1v) is 21.1. The van der Waals surface area contributed by atoms with Crippen molar-refractivity contribution in [3.63, 3.8) is 0 Å². The predicted octanol–water partition coefficient (Wildman–Crippen LogP) is 4.65. The van der Waals surface area contributed by atoms with Gasteiger partial charge in [0.2, 0.25) is 23.5 Å². The molecule has 2 N–H and O–H groups in total. The van der Waals surface area contributed by atoms with E-state index in [0.717, 1.165) is 38.5 Å². The molecule has 0 bridgehead atoms. The van der Waals surface area contributed by atoms with Gasteiger partial charge in [-0.2, -0.15) is 35.5 Å². The zero-order valence-corrected chi connectivity index (χ0v) is 38.8. The van der Waals surface area contributed by atoms with Crippen LogP contribution >= 0.6 is 11.6 Å². The average molecular weight is 1030 g/mol. The van der Waals surface area contributed by atoms with Crippen molar-refractivity contribution < 1.29 is 35.9 Å². The van der Waals surface area contributed by atoms with E-state index in [1.807, 2.05) is 0 Å². The van der Waals surface area contributed by atoms with E-state index in [1.54, 1.807) is 25.4 Å².